The van der Waals surface area contributed by atoms with Gasteiger partial charge in [0.25, 0.3) is 0 Å². The maximum absolute atomic E-state index is 11.2. The van der Waals surface area contributed by atoms with Crippen LogP contribution in [-0.4, -0.2) is 10.9 Å². The van der Waals surface area contributed by atoms with E-state index >= 15 is 0 Å². The number of allylic oxidation sites excluding steroid dienone is 3. The number of carbonyl (C=O) groups excluding carboxylic acids is 1. The first-order valence-electron chi connectivity index (χ1n) is 3.39. The van der Waals surface area contributed by atoms with Crippen LogP contribution < -0.4 is 0 Å². The van der Waals surface area contributed by atoms with Crippen molar-refractivity contribution in [2.45, 2.75) is 13.8 Å². The average Bonchev–Trinajstić information content (AvgIpc) is 2.17. The van der Waals surface area contributed by atoms with Gasteiger partial charge in [-0.3, -0.25) is 4.79 Å². The lowest BCUT2D eigenvalue weighted by atomic mass is 10.0. The minimum atomic E-state index is -0.258. The number of ketones is 1. The van der Waals surface area contributed by atoms with Crippen LogP contribution >= 0.6 is 15.9 Å². The summed E-state index contributed by atoms with van der Waals surface area (Å²) in [6, 6.07) is 0. The summed E-state index contributed by atoms with van der Waals surface area (Å²) in [6.07, 6.45) is 1.73. The number of hydrogen-bond acceptors (Lipinski definition) is 2. The highest BCUT2D eigenvalue weighted by molar-refractivity contribution is 9.11. The molecule has 0 aromatic rings. The highest BCUT2D eigenvalue weighted by Crippen LogP contribution is 2.35. The van der Waals surface area contributed by atoms with Gasteiger partial charge in [-0.05, 0) is 6.92 Å². The molecule has 0 aliphatic heterocycles. The van der Waals surface area contributed by atoms with E-state index in [1.807, 2.05) is 6.92 Å². The third kappa shape index (κ3) is 1.13. The van der Waals surface area contributed by atoms with Gasteiger partial charge in [0.1, 0.15) is 0 Å². The maximum atomic E-state index is 11.2. The van der Waals surface area contributed by atoms with Gasteiger partial charge in [0.15, 0.2) is 5.76 Å². The van der Waals surface area contributed by atoms with Crippen LogP contribution in [0, 0.1) is 5.92 Å². The van der Waals surface area contributed by atoms with Crippen LogP contribution in [-0.2, 0) is 4.79 Å². The molecule has 0 amide bonds. The zero-order valence-electron chi connectivity index (χ0n) is 6.39. The Hall–Kier alpha value is -0.570. The van der Waals surface area contributed by atoms with E-state index in [-0.39, 0.29) is 17.5 Å². The molecule has 1 aliphatic carbocycles. The third-order valence-corrected chi connectivity index (χ3v) is 2.92. The summed E-state index contributed by atoms with van der Waals surface area (Å²) in [6.45, 7) is 3.67. The van der Waals surface area contributed by atoms with Crippen molar-refractivity contribution in [1.82, 2.24) is 0 Å². The molecule has 0 saturated heterocycles. The Bertz CT molecular complexity index is 263. The number of Topliss-reactive ketones (excluding diaryl/α,β-unsaturated/α-hetero) is 1. The number of aliphatic hydroxyl groups excluding tert-OH is 1. The Kier molecular flexibility index (Phi) is 2.18. The fourth-order valence-electron chi connectivity index (χ4n) is 1.16. The fourth-order valence-corrected chi connectivity index (χ4v) is 1.59. The Morgan fingerprint density at radius 1 is 1.64 bits per heavy atom. The molecule has 3 heteroatoms. The van der Waals surface area contributed by atoms with Gasteiger partial charge in [-0.25, -0.2) is 0 Å². The Balaban J connectivity index is 3.12. The molecule has 2 nitrogen and oxygen atoms in total. The van der Waals surface area contributed by atoms with Crippen molar-refractivity contribution in [1.29, 1.82) is 0 Å². The monoisotopic (exact) mass is 216 g/mol. The molecule has 1 N–H and O–H groups in total. The van der Waals surface area contributed by atoms with Crippen molar-refractivity contribution < 1.29 is 9.90 Å². The molecule has 1 rings (SSSR count). The molecule has 0 aromatic heterocycles. The largest absolute Gasteiger partial charge is 0.504 e. The Morgan fingerprint density at radius 2 is 2.18 bits per heavy atom. The molecule has 1 aliphatic rings. The van der Waals surface area contributed by atoms with E-state index in [0.29, 0.717) is 10.1 Å². The highest BCUT2D eigenvalue weighted by Gasteiger charge is 2.32. The maximum Gasteiger partial charge on any atom is 0.224 e. The van der Waals surface area contributed by atoms with Crippen molar-refractivity contribution in [3.8, 4) is 0 Å². The van der Waals surface area contributed by atoms with E-state index in [0.717, 1.165) is 0 Å². The molecular formula is C8H9BrO2. The predicted molar refractivity (Wildman–Crippen MR) is 46.5 cm³/mol. The first-order valence-corrected chi connectivity index (χ1v) is 4.18. The summed E-state index contributed by atoms with van der Waals surface area (Å²) in [7, 11) is 0. The van der Waals surface area contributed by atoms with Crippen LogP contribution in [0.2, 0.25) is 0 Å². The van der Waals surface area contributed by atoms with Crippen LogP contribution in [0.3, 0.4) is 0 Å². The van der Waals surface area contributed by atoms with E-state index in [1.54, 1.807) is 13.0 Å². The normalized spacial score (nSPS) is 28.8. The lowest BCUT2D eigenvalue weighted by Gasteiger charge is -2.01. The van der Waals surface area contributed by atoms with Crippen LogP contribution in [0.15, 0.2) is 21.9 Å². The van der Waals surface area contributed by atoms with Gasteiger partial charge in [0.05, 0.1) is 0 Å². The number of halogens is 1. The van der Waals surface area contributed by atoms with E-state index in [4.69, 9.17) is 0 Å². The molecule has 0 unspecified atom stereocenters. The summed E-state index contributed by atoms with van der Waals surface area (Å²) in [4.78, 5) is 11.2. The minimum absolute atomic E-state index is 0.00694. The number of carbonyl (C=O) groups is 1. The van der Waals surface area contributed by atoms with Crippen molar-refractivity contribution >= 4 is 21.7 Å². The molecule has 0 radical (unpaired) electrons. The minimum Gasteiger partial charge on any atom is -0.504 e. The number of aliphatic hydroxyl groups is 1. The molecule has 0 spiro atoms. The van der Waals surface area contributed by atoms with Crippen LogP contribution in [0.5, 0.6) is 0 Å². The van der Waals surface area contributed by atoms with Crippen LogP contribution in [0.25, 0.3) is 0 Å². The van der Waals surface area contributed by atoms with E-state index in [9.17, 15) is 9.90 Å². The Labute approximate surface area is 73.7 Å². The van der Waals surface area contributed by atoms with Gasteiger partial charge in [0, 0.05) is 16.0 Å². The highest BCUT2D eigenvalue weighted by atomic mass is 79.9. The van der Waals surface area contributed by atoms with Crippen molar-refractivity contribution in [2.75, 3.05) is 0 Å². The van der Waals surface area contributed by atoms with Crippen molar-refractivity contribution in [2.24, 2.45) is 5.92 Å². The Morgan fingerprint density at radius 3 is 2.36 bits per heavy atom. The summed E-state index contributed by atoms with van der Waals surface area (Å²) in [5.41, 5.74) is 0.661. The molecule has 11 heavy (non-hydrogen) atoms. The van der Waals surface area contributed by atoms with Crippen LogP contribution in [0.4, 0.5) is 0 Å². The molecule has 0 aromatic carbocycles. The van der Waals surface area contributed by atoms with E-state index in [2.05, 4.69) is 15.9 Å². The van der Waals surface area contributed by atoms with Gasteiger partial charge >= 0.3 is 0 Å². The SMILES string of the molecule is C/C=C1/C(=O)C(O)=C(Br)[C@H]1C. The van der Waals surface area contributed by atoms with Gasteiger partial charge < -0.3 is 5.11 Å². The standard InChI is InChI=1S/C8H9BrO2/c1-3-5-4(2)6(9)8(11)7(5)10/h3-4,11H,1-2H3/b5-3+/t4-/m0/s1. The zero-order valence-corrected chi connectivity index (χ0v) is 7.97. The topological polar surface area (TPSA) is 37.3 Å². The fraction of sp³-hybridized carbons (Fsp3) is 0.375. The number of hydrogen-bond donors (Lipinski definition) is 1. The molecule has 0 bridgehead atoms. The summed E-state index contributed by atoms with van der Waals surface area (Å²) in [5, 5.41) is 9.18. The summed E-state index contributed by atoms with van der Waals surface area (Å²) < 4.78 is 0.593. The molecule has 0 fully saturated rings. The van der Waals surface area contributed by atoms with E-state index < -0.39 is 0 Å². The van der Waals surface area contributed by atoms with Crippen LogP contribution in [0.1, 0.15) is 13.8 Å². The molecular weight excluding hydrogens is 208 g/mol. The van der Waals surface area contributed by atoms with Gasteiger partial charge in [-0.2, -0.15) is 0 Å². The molecule has 60 valence electrons. The average molecular weight is 217 g/mol. The van der Waals surface area contributed by atoms with Gasteiger partial charge in [0.2, 0.25) is 5.78 Å². The van der Waals surface area contributed by atoms with Gasteiger partial charge in [-0.15, -0.1) is 0 Å². The van der Waals surface area contributed by atoms with E-state index in [1.165, 1.54) is 0 Å². The van der Waals surface area contributed by atoms with Crippen molar-refractivity contribution in [3.63, 3.8) is 0 Å². The lowest BCUT2D eigenvalue weighted by Crippen LogP contribution is -2.01. The first kappa shape index (κ1) is 8.53. The summed E-state index contributed by atoms with van der Waals surface area (Å²) in [5.74, 6) is -0.398. The molecule has 0 heterocycles. The smallest absolute Gasteiger partial charge is 0.224 e. The van der Waals surface area contributed by atoms with Crippen molar-refractivity contribution in [3.05, 3.63) is 21.9 Å². The van der Waals surface area contributed by atoms with Gasteiger partial charge in [-0.1, -0.05) is 28.9 Å². The summed E-state index contributed by atoms with van der Waals surface area (Å²) >= 11 is 3.16. The third-order valence-electron chi connectivity index (χ3n) is 1.86. The number of rotatable bonds is 0. The first-order chi connectivity index (χ1) is 5.09. The second-order valence-electron chi connectivity index (χ2n) is 2.49. The second-order valence-corrected chi connectivity index (χ2v) is 3.35. The second kappa shape index (κ2) is 2.81. The zero-order chi connectivity index (χ0) is 8.59. The molecule has 0 saturated carbocycles. The lowest BCUT2D eigenvalue weighted by molar-refractivity contribution is -0.114. The molecule has 1 atom stereocenters. The predicted octanol–water partition coefficient (Wildman–Crippen LogP) is 2.32. The quantitative estimate of drug-likeness (QED) is 0.632.